The number of anilines is 1. The average Bonchev–Trinajstić information content (AvgIpc) is 2.76. The molecule has 0 bridgehead atoms. The summed E-state index contributed by atoms with van der Waals surface area (Å²) in [5, 5.41) is 0. The van der Waals surface area contributed by atoms with Crippen LogP contribution in [0.5, 0.6) is 0 Å². The number of nitrogens with zero attached hydrogens (tertiary/aromatic N) is 2. The maximum Gasteiger partial charge on any atom is 0.263 e. The van der Waals surface area contributed by atoms with Gasteiger partial charge in [-0.25, -0.2) is 0 Å². The second-order valence-corrected chi connectivity index (χ2v) is 5.25. The molecule has 0 aromatic heterocycles. The number of carbonyl (C=O) groups is 4. The predicted octanol–water partition coefficient (Wildman–Crippen LogP) is 0.648. The van der Waals surface area contributed by atoms with E-state index in [0.29, 0.717) is 6.41 Å². The number of hydrogen-bond donors (Lipinski definition) is 1. The van der Waals surface area contributed by atoms with Gasteiger partial charge in [-0.3, -0.25) is 29.0 Å². The quantitative estimate of drug-likeness (QED) is 0.489. The van der Waals surface area contributed by atoms with E-state index in [2.05, 4.69) is 0 Å². The van der Waals surface area contributed by atoms with Crippen molar-refractivity contribution in [2.24, 2.45) is 0 Å². The van der Waals surface area contributed by atoms with Crippen LogP contribution >= 0.6 is 0 Å². The second kappa shape index (κ2) is 5.97. The maximum absolute atomic E-state index is 12.4. The SMILES string of the molecule is CC(CCC(=O)N(C)C=O)N1C(=O)c2cccc(N)c2C1=O. The lowest BCUT2D eigenvalue weighted by Gasteiger charge is -2.22. The summed E-state index contributed by atoms with van der Waals surface area (Å²) >= 11 is 0. The van der Waals surface area contributed by atoms with Gasteiger partial charge in [-0.1, -0.05) is 6.07 Å². The molecule has 0 saturated heterocycles. The molecule has 1 aliphatic rings. The highest BCUT2D eigenvalue weighted by Gasteiger charge is 2.39. The van der Waals surface area contributed by atoms with Crippen LogP contribution in [0, 0.1) is 0 Å². The Kier molecular flexibility index (Phi) is 4.25. The number of imide groups is 2. The summed E-state index contributed by atoms with van der Waals surface area (Å²) in [5.41, 5.74) is 6.54. The molecule has 7 nitrogen and oxygen atoms in total. The monoisotopic (exact) mass is 303 g/mol. The zero-order valence-electron chi connectivity index (χ0n) is 12.4. The molecular formula is C15H17N3O4. The van der Waals surface area contributed by atoms with Crippen molar-refractivity contribution < 1.29 is 19.2 Å². The first-order valence-electron chi connectivity index (χ1n) is 6.85. The van der Waals surface area contributed by atoms with Crippen LogP contribution in [0.15, 0.2) is 18.2 Å². The molecule has 0 aliphatic carbocycles. The van der Waals surface area contributed by atoms with E-state index < -0.39 is 17.9 Å². The highest BCUT2D eigenvalue weighted by molar-refractivity contribution is 6.23. The molecule has 1 aromatic rings. The van der Waals surface area contributed by atoms with Crippen LogP contribution in [0.1, 0.15) is 40.5 Å². The lowest BCUT2D eigenvalue weighted by atomic mass is 10.1. The van der Waals surface area contributed by atoms with E-state index in [4.69, 9.17) is 5.73 Å². The van der Waals surface area contributed by atoms with Gasteiger partial charge >= 0.3 is 0 Å². The Morgan fingerprint density at radius 3 is 2.64 bits per heavy atom. The number of amides is 4. The van der Waals surface area contributed by atoms with Gasteiger partial charge in [0.1, 0.15) is 0 Å². The smallest absolute Gasteiger partial charge is 0.263 e. The van der Waals surface area contributed by atoms with E-state index in [1.165, 1.54) is 7.05 Å². The van der Waals surface area contributed by atoms with Crippen LogP contribution in [0.25, 0.3) is 0 Å². The summed E-state index contributed by atoms with van der Waals surface area (Å²) in [6.45, 7) is 1.69. The molecule has 0 saturated carbocycles. The lowest BCUT2D eigenvalue weighted by molar-refractivity contribution is -0.136. The van der Waals surface area contributed by atoms with Crippen molar-refractivity contribution in [3.63, 3.8) is 0 Å². The van der Waals surface area contributed by atoms with Crippen molar-refractivity contribution in [3.8, 4) is 0 Å². The number of nitrogens with two attached hydrogens (primary N) is 1. The molecule has 0 fully saturated rings. The fraction of sp³-hybridized carbons (Fsp3) is 0.333. The molecule has 1 unspecified atom stereocenters. The Morgan fingerprint density at radius 2 is 2.05 bits per heavy atom. The highest BCUT2D eigenvalue weighted by Crippen LogP contribution is 2.29. The van der Waals surface area contributed by atoms with E-state index in [1.807, 2.05) is 0 Å². The first-order chi connectivity index (χ1) is 10.4. The Bertz CT molecular complexity index is 656. The van der Waals surface area contributed by atoms with Crippen LogP contribution in [-0.4, -0.2) is 47.0 Å². The Labute approximate surface area is 127 Å². The molecule has 7 heteroatoms. The largest absolute Gasteiger partial charge is 0.398 e. The molecule has 1 aliphatic heterocycles. The van der Waals surface area contributed by atoms with E-state index in [9.17, 15) is 19.2 Å². The Hall–Kier alpha value is -2.70. The van der Waals surface area contributed by atoms with Crippen molar-refractivity contribution in [1.29, 1.82) is 0 Å². The number of nitrogen functional groups attached to an aromatic ring is 1. The predicted molar refractivity (Wildman–Crippen MR) is 78.9 cm³/mol. The summed E-state index contributed by atoms with van der Waals surface area (Å²) in [4.78, 5) is 48.9. The Morgan fingerprint density at radius 1 is 1.36 bits per heavy atom. The van der Waals surface area contributed by atoms with Gasteiger partial charge in [-0.15, -0.1) is 0 Å². The second-order valence-electron chi connectivity index (χ2n) is 5.25. The normalized spacial score (nSPS) is 14.7. The summed E-state index contributed by atoms with van der Waals surface area (Å²) in [7, 11) is 1.36. The van der Waals surface area contributed by atoms with Crippen molar-refractivity contribution in [3.05, 3.63) is 29.3 Å². The van der Waals surface area contributed by atoms with Gasteiger partial charge < -0.3 is 5.73 Å². The topological polar surface area (TPSA) is 101 Å². The van der Waals surface area contributed by atoms with E-state index in [0.717, 1.165) is 9.80 Å². The van der Waals surface area contributed by atoms with Gasteiger partial charge in [0.2, 0.25) is 12.3 Å². The highest BCUT2D eigenvalue weighted by atomic mass is 16.2. The van der Waals surface area contributed by atoms with Crippen LogP contribution in [0.2, 0.25) is 0 Å². The van der Waals surface area contributed by atoms with Crippen molar-refractivity contribution >= 4 is 29.8 Å². The van der Waals surface area contributed by atoms with Crippen LogP contribution in [-0.2, 0) is 9.59 Å². The van der Waals surface area contributed by atoms with E-state index in [-0.39, 0.29) is 35.6 Å². The van der Waals surface area contributed by atoms with Gasteiger partial charge in [0.05, 0.1) is 11.1 Å². The molecule has 1 aromatic carbocycles. The van der Waals surface area contributed by atoms with Gasteiger partial charge in [-0.2, -0.15) is 0 Å². The standard InChI is InChI=1S/C15H17N3O4/c1-9(6-7-12(20)17(2)8-19)18-14(21)10-4-3-5-11(16)13(10)15(18)22/h3-5,8-9H,6-7,16H2,1-2H3. The minimum Gasteiger partial charge on any atom is -0.398 e. The van der Waals surface area contributed by atoms with Gasteiger partial charge in [0, 0.05) is 25.2 Å². The number of fused-ring (bicyclic) bond motifs is 1. The number of hydrogen-bond acceptors (Lipinski definition) is 5. The molecule has 2 rings (SSSR count). The average molecular weight is 303 g/mol. The number of carbonyl (C=O) groups excluding carboxylic acids is 4. The minimum absolute atomic E-state index is 0.0687. The molecule has 4 amide bonds. The van der Waals surface area contributed by atoms with Gasteiger partial charge in [0.25, 0.3) is 11.8 Å². The van der Waals surface area contributed by atoms with Gasteiger partial charge in [0.15, 0.2) is 0 Å². The van der Waals surface area contributed by atoms with Crippen LogP contribution < -0.4 is 5.73 Å². The first kappa shape index (κ1) is 15.7. The zero-order valence-corrected chi connectivity index (χ0v) is 12.4. The van der Waals surface area contributed by atoms with Gasteiger partial charge in [-0.05, 0) is 25.5 Å². The number of benzene rings is 1. The van der Waals surface area contributed by atoms with Crippen LogP contribution in [0.4, 0.5) is 5.69 Å². The van der Waals surface area contributed by atoms with E-state index >= 15 is 0 Å². The fourth-order valence-electron chi connectivity index (χ4n) is 2.43. The van der Waals surface area contributed by atoms with Crippen molar-refractivity contribution in [1.82, 2.24) is 9.80 Å². The first-order valence-corrected chi connectivity index (χ1v) is 6.85. The molecule has 0 spiro atoms. The third kappa shape index (κ3) is 2.57. The molecular weight excluding hydrogens is 286 g/mol. The minimum atomic E-state index is -0.462. The van der Waals surface area contributed by atoms with Crippen molar-refractivity contribution in [2.75, 3.05) is 12.8 Å². The van der Waals surface area contributed by atoms with E-state index in [1.54, 1.807) is 25.1 Å². The molecule has 1 heterocycles. The molecule has 116 valence electrons. The third-order valence-electron chi connectivity index (χ3n) is 3.75. The summed E-state index contributed by atoms with van der Waals surface area (Å²) < 4.78 is 0. The summed E-state index contributed by atoms with van der Waals surface area (Å²) in [5.74, 6) is -1.21. The molecule has 1 atom stereocenters. The lowest BCUT2D eigenvalue weighted by Crippen LogP contribution is -2.39. The number of rotatable bonds is 5. The maximum atomic E-state index is 12.4. The zero-order chi connectivity index (χ0) is 16.4. The molecule has 0 radical (unpaired) electrons. The van der Waals surface area contributed by atoms with Crippen LogP contribution in [0.3, 0.4) is 0 Å². The molecule has 2 N–H and O–H groups in total. The summed E-state index contributed by atoms with van der Waals surface area (Å²) in [6.07, 6.45) is 0.775. The van der Waals surface area contributed by atoms with Crippen molar-refractivity contribution in [2.45, 2.75) is 25.8 Å². The Balaban J connectivity index is 2.13. The summed E-state index contributed by atoms with van der Waals surface area (Å²) in [6, 6.07) is 4.29. The molecule has 22 heavy (non-hydrogen) atoms. The fourth-order valence-corrected chi connectivity index (χ4v) is 2.43. The third-order valence-corrected chi connectivity index (χ3v) is 3.75.